The van der Waals surface area contributed by atoms with Gasteiger partial charge in [-0.25, -0.2) is 4.68 Å². The number of furan rings is 1. The van der Waals surface area contributed by atoms with Crippen molar-refractivity contribution in [2.24, 2.45) is 0 Å². The van der Waals surface area contributed by atoms with Crippen LogP contribution >= 0.6 is 11.6 Å². The van der Waals surface area contributed by atoms with Gasteiger partial charge in [0.25, 0.3) is 0 Å². The van der Waals surface area contributed by atoms with Crippen LogP contribution in [0.2, 0.25) is 5.02 Å². The molecule has 4 rings (SSSR count). The molecule has 0 bridgehead atoms. The molecular formula is C20H26ClN6O+. The fraction of sp³-hybridized carbons (Fsp3) is 0.450. The predicted molar refractivity (Wildman–Crippen MR) is 108 cm³/mol. The van der Waals surface area contributed by atoms with Crippen molar-refractivity contribution in [2.45, 2.75) is 32.4 Å². The van der Waals surface area contributed by atoms with Gasteiger partial charge in [0.05, 0.1) is 32.4 Å². The number of rotatable bonds is 7. The predicted octanol–water partition coefficient (Wildman–Crippen LogP) is 2.21. The van der Waals surface area contributed by atoms with E-state index in [9.17, 15) is 0 Å². The molecule has 0 spiro atoms. The molecule has 1 saturated heterocycles. The first-order chi connectivity index (χ1) is 13.7. The Labute approximate surface area is 169 Å². The minimum atomic E-state index is 0.288. The van der Waals surface area contributed by atoms with Gasteiger partial charge in [-0.15, -0.1) is 5.10 Å². The van der Waals surface area contributed by atoms with Gasteiger partial charge in [0, 0.05) is 17.1 Å². The Kier molecular flexibility index (Phi) is 5.92. The lowest BCUT2D eigenvalue weighted by Crippen LogP contribution is -3.15. The van der Waals surface area contributed by atoms with Crippen LogP contribution in [0.25, 0.3) is 0 Å². The first-order valence-electron chi connectivity index (χ1n) is 9.88. The van der Waals surface area contributed by atoms with Crippen LogP contribution in [-0.2, 0) is 6.54 Å². The number of piperazine rings is 1. The summed E-state index contributed by atoms with van der Waals surface area (Å²) in [6.07, 6.45) is 3.84. The number of hydrogen-bond donors (Lipinski definition) is 1. The minimum absolute atomic E-state index is 0.288. The highest BCUT2D eigenvalue weighted by molar-refractivity contribution is 6.30. The number of anilines is 1. The Bertz CT molecular complexity index is 872. The van der Waals surface area contributed by atoms with E-state index in [0.29, 0.717) is 6.54 Å². The molecule has 1 aliphatic rings. The fourth-order valence-electron chi connectivity index (χ4n) is 4.00. The molecule has 7 nitrogen and oxygen atoms in total. The molecule has 1 fully saturated rings. The average molecular weight is 402 g/mol. The molecule has 0 radical (unpaired) electrons. The fourth-order valence-corrected chi connectivity index (χ4v) is 4.19. The van der Waals surface area contributed by atoms with E-state index >= 15 is 0 Å². The van der Waals surface area contributed by atoms with Crippen molar-refractivity contribution in [1.29, 1.82) is 0 Å². The number of aromatic nitrogens is 4. The van der Waals surface area contributed by atoms with E-state index in [1.165, 1.54) is 10.6 Å². The highest BCUT2D eigenvalue weighted by atomic mass is 35.5. The molecule has 3 aromatic rings. The standard InChI is InChI=1S/C20H25ClN6O/c1-2-5-19(20-22-23-24-27(20)15-18-8-4-13-28-18)26-11-9-25(10-12-26)17-7-3-6-16(21)14-17/h3-4,6-8,13-14,19H,2,5,9-12,15H2,1H3/p+1/t19-/m1/s1. The van der Waals surface area contributed by atoms with Crippen molar-refractivity contribution in [2.75, 3.05) is 31.1 Å². The molecule has 1 N–H and O–H groups in total. The first kappa shape index (κ1) is 19.0. The van der Waals surface area contributed by atoms with Crippen LogP contribution in [0.1, 0.15) is 37.4 Å². The van der Waals surface area contributed by atoms with Gasteiger partial charge in [-0.1, -0.05) is 31.0 Å². The highest BCUT2D eigenvalue weighted by Gasteiger charge is 2.32. The lowest BCUT2D eigenvalue weighted by Gasteiger charge is -2.37. The molecule has 0 amide bonds. The quantitative estimate of drug-likeness (QED) is 0.657. The zero-order chi connectivity index (χ0) is 19.3. The van der Waals surface area contributed by atoms with Crippen LogP contribution in [0.3, 0.4) is 0 Å². The monoisotopic (exact) mass is 401 g/mol. The van der Waals surface area contributed by atoms with E-state index in [1.807, 2.05) is 35.0 Å². The number of benzene rings is 1. The van der Waals surface area contributed by atoms with Gasteiger partial charge < -0.3 is 14.2 Å². The number of nitrogens with one attached hydrogen (secondary N) is 1. The third kappa shape index (κ3) is 4.20. The smallest absolute Gasteiger partial charge is 0.209 e. The van der Waals surface area contributed by atoms with Crippen LogP contribution in [0.5, 0.6) is 0 Å². The van der Waals surface area contributed by atoms with Gasteiger partial charge in [0.15, 0.2) is 0 Å². The molecule has 0 saturated carbocycles. The zero-order valence-electron chi connectivity index (χ0n) is 16.1. The van der Waals surface area contributed by atoms with Gasteiger partial charge in [0.1, 0.15) is 18.3 Å². The molecule has 0 unspecified atom stereocenters. The van der Waals surface area contributed by atoms with E-state index < -0.39 is 0 Å². The second-order valence-electron chi connectivity index (χ2n) is 7.24. The normalized spacial score (nSPS) is 16.4. The summed E-state index contributed by atoms with van der Waals surface area (Å²) in [5, 5.41) is 13.3. The van der Waals surface area contributed by atoms with Crippen molar-refractivity contribution in [3.63, 3.8) is 0 Å². The second kappa shape index (κ2) is 8.75. The molecule has 148 valence electrons. The van der Waals surface area contributed by atoms with Crippen molar-refractivity contribution >= 4 is 17.3 Å². The summed E-state index contributed by atoms with van der Waals surface area (Å²) in [6, 6.07) is 12.2. The van der Waals surface area contributed by atoms with Crippen LogP contribution in [0.15, 0.2) is 47.1 Å². The maximum absolute atomic E-state index is 6.16. The lowest BCUT2D eigenvalue weighted by atomic mass is 10.1. The zero-order valence-corrected chi connectivity index (χ0v) is 16.8. The summed E-state index contributed by atoms with van der Waals surface area (Å²) in [5.74, 6) is 1.81. The largest absolute Gasteiger partial charge is 0.467 e. The average Bonchev–Trinajstić information content (AvgIpc) is 3.39. The highest BCUT2D eigenvalue weighted by Crippen LogP contribution is 2.20. The molecule has 3 heterocycles. The molecule has 0 aliphatic carbocycles. The molecule has 28 heavy (non-hydrogen) atoms. The van der Waals surface area contributed by atoms with E-state index in [-0.39, 0.29) is 6.04 Å². The Hall–Kier alpha value is -2.38. The summed E-state index contributed by atoms with van der Waals surface area (Å²) in [5.41, 5.74) is 1.20. The second-order valence-corrected chi connectivity index (χ2v) is 7.68. The Morgan fingerprint density at radius 3 is 2.79 bits per heavy atom. The molecule has 1 aromatic carbocycles. The molecular weight excluding hydrogens is 376 g/mol. The molecule has 1 atom stereocenters. The third-order valence-electron chi connectivity index (χ3n) is 5.41. The number of nitrogens with zero attached hydrogens (tertiary/aromatic N) is 5. The van der Waals surface area contributed by atoms with Gasteiger partial charge >= 0.3 is 0 Å². The van der Waals surface area contributed by atoms with E-state index in [4.69, 9.17) is 16.0 Å². The number of hydrogen-bond acceptors (Lipinski definition) is 5. The molecule has 2 aromatic heterocycles. The topological polar surface area (TPSA) is 64.4 Å². The van der Waals surface area contributed by atoms with E-state index in [2.05, 4.69) is 33.4 Å². The van der Waals surface area contributed by atoms with Crippen molar-refractivity contribution in [3.05, 3.63) is 59.3 Å². The maximum Gasteiger partial charge on any atom is 0.209 e. The van der Waals surface area contributed by atoms with E-state index in [0.717, 1.165) is 55.6 Å². The summed E-state index contributed by atoms with van der Waals surface area (Å²) >= 11 is 6.16. The summed E-state index contributed by atoms with van der Waals surface area (Å²) < 4.78 is 7.36. The Morgan fingerprint density at radius 2 is 2.07 bits per heavy atom. The van der Waals surface area contributed by atoms with Gasteiger partial charge in [0.2, 0.25) is 5.82 Å². The SMILES string of the molecule is CCC[C@H](c1nnnn1Cc1ccco1)[NH+]1CCN(c2cccc(Cl)c2)CC1. The summed E-state index contributed by atoms with van der Waals surface area (Å²) in [7, 11) is 0. The summed E-state index contributed by atoms with van der Waals surface area (Å²) in [4.78, 5) is 3.94. The lowest BCUT2D eigenvalue weighted by molar-refractivity contribution is -0.933. The van der Waals surface area contributed by atoms with Crippen molar-refractivity contribution in [1.82, 2.24) is 20.2 Å². The van der Waals surface area contributed by atoms with Crippen LogP contribution in [-0.4, -0.2) is 46.4 Å². The van der Waals surface area contributed by atoms with Crippen LogP contribution in [0, 0.1) is 0 Å². The van der Waals surface area contributed by atoms with Crippen LogP contribution in [0.4, 0.5) is 5.69 Å². The van der Waals surface area contributed by atoms with Crippen molar-refractivity contribution < 1.29 is 9.32 Å². The van der Waals surface area contributed by atoms with Crippen molar-refractivity contribution in [3.8, 4) is 0 Å². The van der Waals surface area contributed by atoms with Gasteiger partial charge in [-0.05, 0) is 40.8 Å². The summed E-state index contributed by atoms with van der Waals surface area (Å²) in [6.45, 7) is 6.87. The van der Waals surface area contributed by atoms with Gasteiger partial charge in [-0.3, -0.25) is 0 Å². The van der Waals surface area contributed by atoms with Crippen LogP contribution < -0.4 is 9.80 Å². The number of tetrazole rings is 1. The third-order valence-corrected chi connectivity index (χ3v) is 5.64. The minimum Gasteiger partial charge on any atom is -0.467 e. The Balaban J connectivity index is 1.47. The molecule has 1 aliphatic heterocycles. The number of quaternary nitrogens is 1. The first-order valence-corrected chi connectivity index (χ1v) is 10.3. The maximum atomic E-state index is 6.16. The molecule has 8 heteroatoms. The van der Waals surface area contributed by atoms with E-state index in [1.54, 1.807) is 6.26 Å². The number of halogens is 1. The Morgan fingerprint density at radius 1 is 1.21 bits per heavy atom. The van der Waals surface area contributed by atoms with Gasteiger partial charge in [-0.2, -0.15) is 0 Å².